The lowest BCUT2D eigenvalue weighted by Gasteiger charge is -2.41. The second kappa shape index (κ2) is 10.7. The van der Waals surface area contributed by atoms with Crippen LogP contribution in [0.1, 0.15) is 52.0 Å². The minimum absolute atomic E-state index is 0.000988. The Hall–Kier alpha value is -3.15. The Labute approximate surface area is 212 Å². The van der Waals surface area contributed by atoms with Gasteiger partial charge in [0.1, 0.15) is 12.4 Å². The number of amides is 2. The zero-order valence-corrected chi connectivity index (χ0v) is 21.1. The molecule has 2 aromatic rings. The minimum Gasteiger partial charge on any atom is -0.427 e. The van der Waals surface area contributed by atoms with Crippen molar-refractivity contribution in [2.75, 3.05) is 13.1 Å². The molecule has 0 unspecified atom stereocenters. The lowest BCUT2D eigenvalue weighted by Crippen LogP contribution is -2.57. The first-order chi connectivity index (χ1) is 17.4. The highest BCUT2D eigenvalue weighted by Gasteiger charge is 2.42. The lowest BCUT2D eigenvalue weighted by molar-refractivity contribution is -0.137. The van der Waals surface area contributed by atoms with E-state index in [1.165, 1.54) is 6.92 Å². The molecular formula is C25H33F3N6O3. The topological polar surface area (TPSA) is 112 Å². The summed E-state index contributed by atoms with van der Waals surface area (Å²) in [5.41, 5.74) is -0.835. The van der Waals surface area contributed by atoms with Gasteiger partial charge in [0.05, 0.1) is 23.2 Å². The van der Waals surface area contributed by atoms with Crippen LogP contribution < -0.4 is 16.1 Å². The molecule has 1 aromatic carbocycles. The molecule has 0 radical (unpaired) electrons. The van der Waals surface area contributed by atoms with Gasteiger partial charge in [-0.15, -0.1) is 0 Å². The highest BCUT2D eigenvalue weighted by Crippen LogP contribution is 2.31. The van der Waals surface area contributed by atoms with Crippen molar-refractivity contribution in [3.8, 4) is 0 Å². The number of rotatable bonds is 6. The number of hydrogen-bond donors (Lipinski definition) is 3. The zero-order valence-electron chi connectivity index (χ0n) is 21.1. The van der Waals surface area contributed by atoms with E-state index in [2.05, 4.69) is 34.5 Å². The molecule has 3 N–H and O–H groups in total. The molecule has 1 aromatic heterocycles. The van der Waals surface area contributed by atoms with Crippen molar-refractivity contribution in [1.29, 1.82) is 0 Å². The second-order valence-electron chi connectivity index (χ2n) is 10.3. The first-order valence-corrected chi connectivity index (χ1v) is 12.6. The van der Waals surface area contributed by atoms with Crippen molar-refractivity contribution in [3.63, 3.8) is 0 Å². The lowest BCUT2D eigenvalue weighted by atomic mass is 9.85. The molecule has 202 valence electrons. The number of carbonyl (C=O) groups excluding carboxylic acids is 2. The SMILES string of the molecule is CC(=O)N[C@@H]1C[C@H](NCC(C)C)CC[C@@H]1N1CC[C@H](N=c2ncn(O)c3ccc(C(F)(F)F)cc23)C1=O. The van der Waals surface area contributed by atoms with Crippen molar-refractivity contribution in [3.05, 3.63) is 35.6 Å². The van der Waals surface area contributed by atoms with Gasteiger partial charge in [0.15, 0.2) is 5.49 Å². The molecule has 2 heterocycles. The first-order valence-electron chi connectivity index (χ1n) is 12.6. The molecule has 1 aliphatic heterocycles. The molecule has 2 aliphatic rings. The fourth-order valence-electron chi connectivity index (χ4n) is 5.25. The molecule has 1 saturated heterocycles. The molecule has 0 bridgehead atoms. The maximum absolute atomic E-state index is 13.4. The number of benzene rings is 1. The van der Waals surface area contributed by atoms with Gasteiger partial charge >= 0.3 is 6.18 Å². The van der Waals surface area contributed by atoms with Crippen LogP contribution in [0.15, 0.2) is 29.5 Å². The van der Waals surface area contributed by atoms with Gasteiger partial charge in [0.25, 0.3) is 0 Å². The molecule has 1 aliphatic carbocycles. The average Bonchev–Trinajstić information content (AvgIpc) is 3.18. The molecule has 2 amide bonds. The number of nitrogens with one attached hydrogen (secondary N) is 2. The normalized spacial score (nSPS) is 25.3. The molecule has 12 heteroatoms. The Morgan fingerprint density at radius 2 is 2.03 bits per heavy atom. The van der Waals surface area contributed by atoms with Crippen molar-refractivity contribution in [2.24, 2.45) is 10.9 Å². The van der Waals surface area contributed by atoms with Crippen LogP contribution in [0.3, 0.4) is 0 Å². The van der Waals surface area contributed by atoms with Gasteiger partial charge in [-0.05, 0) is 56.3 Å². The van der Waals surface area contributed by atoms with E-state index in [4.69, 9.17) is 0 Å². The highest BCUT2D eigenvalue weighted by atomic mass is 19.4. The summed E-state index contributed by atoms with van der Waals surface area (Å²) in [5, 5.41) is 16.6. The molecule has 0 spiro atoms. The largest absolute Gasteiger partial charge is 0.427 e. The average molecular weight is 523 g/mol. The van der Waals surface area contributed by atoms with Gasteiger partial charge in [-0.2, -0.15) is 17.9 Å². The van der Waals surface area contributed by atoms with E-state index < -0.39 is 17.8 Å². The highest BCUT2D eigenvalue weighted by molar-refractivity contribution is 5.85. The summed E-state index contributed by atoms with van der Waals surface area (Å²) >= 11 is 0. The van der Waals surface area contributed by atoms with Crippen molar-refractivity contribution in [1.82, 2.24) is 25.2 Å². The second-order valence-corrected chi connectivity index (χ2v) is 10.3. The number of aromatic nitrogens is 2. The molecule has 37 heavy (non-hydrogen) atoms. The standard InChI is InChI=1S/C25H33F3N6O3/c1-14(2)12-29-17-5-7-22(20(11-17)31-15(3)35)33-9-8-19(24(33)36)32-23-18-10-16(25(26,27)28)4-6-21(18)34(37)13-30-23/h4,6,10,13-14,17,19-20,22,29,37H,5,7-9,11-12H2,1-3H3,(H,31,35)/t17-,19+,20-,22+/m1/s1. The molecule has 4 atom stereocenters. The van der Waals surface area contributed by atoms with Crippen LogP contribution >= 0.6 is 0 Å². The van der Waals surface area contributed by atoms with Gasteiger partial charge in [-0.1, -0.05) is 13.8 Å². The third kappa shape index (κ3) is 6.06. The zero-order chi connectivity index (χ0) is 26.9. The fourth-order valence-corrected chi connectivity index (χ4v) is 5.25. The van der Waals surface area contributed by atoms with Crippen LogP contribution in [0.25, 0.3) is 10.9 Å². The number of likely N-dealkylation sites (tertiary alicyclic amines) is 1. The third-order valence-corrected chi connectivity index (χ3v) is 7.01. The molecule has 1 saturated carbocycles. The maximum Gasteiger partial charge on any atom is 0.416 e. The predicted molar refractivity (Wildman–Crippen MR) is 129 cm³/mol. The first kappa shape index (κ1) is 26.9. The summed E-state index contributed by atoms with van der Waals surface area (Å²) in [6.07, 6.45) is -0.879. The van der Waals surface area contributed by atoms with Gasteiger partial charge in [-0.3, -0.25) is 14.6 Å². The van der Waals surface area contributed by atoms with Gasteiger partial charge in [-0.25, -0.2) is 4.98 Å². The van der Waals surface area contributed by atoms with Gasteiger partial charge < -0.3 is 20.7 Å². The molecule has 9 nitrogen and oxygen atoms in total. The number of carbonyl (C=O) groups is 2. The van der Waals surface area contributed by atoms with E-state index in [1.54, 1.807) is 4.90 Å². The third-order valence-electron chi connectivity index (χ3n) is 7.01. The summed E-state index contributed by atoms with van der Waals surface area (Å²) in [5.74, 6) is 0.0939. The van der Waals surface area contributed by atoms with Crippen molar-refractivity contribution >= 4 is 22.7 Å². The monoisotopic (exact) mass is 522 g/mol. The Morgan fingerprint density at radius 3 is 2.70 bits per heavy atom. The quantitative estimate of drug-likeness (QED) is 0.505. The number of fused-ring (bicyclic) bond motifs is 1. The Morgan fingerprint density at radius 1 is 1.27 bits per heavy atom. The summed E-state index contributed by atoms with van der Waals surface area (Å²) < 4.78 is 40.5. The number of hydrogen-bond acceptors (Lipinski definition) is 6. The Bertz CT molecular complexity index is 1230. The summed E-state index contributed by atoms with van der Waals surface area (Å²) in [4.78, 5) is 35.5. The van der Waals surface area contributed by atoms with Crippen molar-refractivity contribution in [2.45, 2.75) is 76.8 Å². The van der Waals surface area contributed by atoms with Crippen molar-refractivity contribution < 1.29 is 28.0 Å². The maximum atomic E-state index is 13.4. The van der Waals surface area contributed by atoms with E-state index in [0.29, 0.717) is 36.5 Å². The van der Waals surface area contributed by atoms with Crippen LogP contribution in [0.5, 0.6) is 0 Å². The number of nitrogens with zero attached hydrogens (tertiary/aromatic N) is 4. The van der Waals surface area contributed by atoms with E-state index >= 15 is 0 Å². The van der Waals surface area contributed by atoms with E-state index in [0.717, 1.165) is 37.5 Å². The van der Waals surface area contributed by atoms with Crippen LogP contribution in [-0.4, -0.2) is 68.9 Å². The summed E-state index contributed by atoms with van der Waals surface area (Å²) in [6.45, 7) is 7.02. The predicted octanol–water partition coefficient (Wildman–Crippen LogP) is 2.47. The Kier molecular flexibility index (Phi) is 7.77. The molecule has 2 fully saturated rings. The van der Waals surface area contributed by atoms with E-state index in [-0.39, 0.29) is 46.3 Å². The number of halogens is 3. The van der Waals surface area contributed by atoms with Gasteiger partial charge in [0, 0.05) is 24.9 Å². The summed E-state index contributed by atoms with van der Waals surface area (Å²) in [6, 6.07) is 1.92. The van der Waals surface area contributed by atoms with Crippen LogP contribution in [-0.2, 0) is 15.8 Å². The van der Waals surface area contributed by atoms with E-state index in [1.807, 2.05) is 0 Å². The van der Waals surface area contributed by atoms with Crippen LogP contribution in [0.4, 0.5) is 13.2 Å². The van der Waals surface area contributed by atoms with Crippen LogP contribution in [0, 0.1) is 5.92 Å². The Balaban J connectivity index is 1.58. The van der Waals surface area contributed by atoms with E-state index in [9.17, 15) is 28.0 Å². The fraction of sp³-hybridized carbons (Fsp3) is 0.600. The number of alkyl halides is 3. The van der Waals surface area contributed by atoms with Crippen LogP contribution in [0.2, 0.25) is 0 Å². The minimum atomic E-state index is -4.58. The van der Waals surface area contributed by atoms with Gasteiger partial charge in [0.2, 0.25) is 11.8 Å². The summed E-state index contributed by atoms with van der Waals surface area (Å²) in [7, 11) is 0. The molecular weight excluding hydrogens is 489 g/mol. The molecule has 4 rings (SSSR count). The smallest absolute Gasteiger partial charge is 0.416 e.